The molecule has 1 amide bonds. The molecule has 4 aromatic rings. The minimum atomic E-state index is -0.318. The fraction of sp³-hybridized carbons (Fsp3) is 0.227. The molecule has 1 aliphatic carbocycles. The normalized spacial score (nSPS) is 15.5. The van der Waals surface area contributed by atoms with Crippen LogP contribution in [0.3, 0.4) is 0 Å². The topological polar surface area (TPSA) is 90.5 Å². The number of tetrazole rings is 1. The number of hydrogen-bond donors (Lipinski definition) is 1. The third-order valence-corrected chi connectivity index (χ3v) is 5.52. The van der Waals surface area contributed by atoms with Crippen LogP contribution in [0.5, 0.6) is 0 Å². The predicted molar refractivity (Wildman–Crippen MR) is 110 cm³/mol. The number of benzene rings is 2. The number of rotatable bonds is 5. The fourth-order valence-electron chi connectivity index (χ4n) is 3.98. The first-order valence-corrected chi connectivity index (χ1v) is 10.1. The van der Waals surface area contributed by atoms with Gasteiger partial charge >= 0.3 is 0 Å². The van der Waals surface area contributed by atoms with Crippen LogP contribution in [0.15, 0.2) is 61.1 Å². The first-order valence-electron chi connectivity index (χ1n) is 10.1. The van der Waals surface area contributed by atoms with Gasteiger partial charge in [-0.25, -0.2) is 13.8 Å². The molecule has 0 radical (unpaired) electrons. The molecule has 5 rings (SSSR count). The monoisotopic (exact) mass is 417 g/mol. The molecule has 9 heteroatoms. The van der Waals surface area contributed by atoms with Crippen LogP contribution in [0.2, 0.25) is 0 Å². The molecular formula is C22H20FN7O. The Bertz CT molecular complexity index is 1200. The molecule has 31 heavy (non-hydrogen) atoms. The quantitative estimate of drug-likeness (QED) is 0.539. The summed E-state index contributed by atoms with van der Waals surface area (Å²) in [5.41, 5.74) is 3.88. The minimum Gasteiger partial charge on any atom is -0.345 e. The van der Waals surface area contributed by atoms with Crippen molar-refractivity contribution in [3.05, 3.63) is 89.3 Å². The van der Waals surface area contributed by atoms with E-state index < -0.39 is 0 Å². The first kappa shape index (κ1) is 19.1. The van der Waals surface area contributed by atoms with Crippen molar-refractivity contribution < 1.29 is 9.18 Å². The van der Waals surface area contributed by atoms with Gasteiger partial charge in [0.25, 0.3) is 5.91 Å². The lowest BCUT2D eigenvalue weighted by Crippen LogP contribution is -2.31. The number of carbonyl (C=O) groups is 1. The second kappa shape index (κ2) is 8.10. The molecule has 1 N–H and O–H groups in total. The van der Waals surface area contributed by atoms with Crippen LogP contribution in [-0.4, -0.2) is 35.9 Å². The maximum absolute atomic E-state index is 14.3. The Hall–Kier alpha value is -3.88. The van der Waals surface area contributed by atoms with Gasteiger partial charge in [0.15, 0.2) is 0 Å². The number of amides is 1. The van der Waals surface area contributed by atoms with Gasteiger partial charge < -0.3 is 5.32 Å². The van der Waals surface area contributed by atoms with E-state index in [2.05, 4.69) is 25.9 Å². The van der Waals surface area contributed by atoms with Crippen molar-refractivity contribution in [2.75, 3.05) is 0 Å². The van der Waals surface area contributed by atoms with E-state index in [0.29, 0.717) is 17.8 Å². The zero-order valence-electron chi connectivity index (χ0n) is 16.6. The van der Waals surface area contributed by atoms with E-state index in [1.165, 1.54) is 6.07 Å². The Kier molecular flexibility index (Phi) is 4.99. The van der Waals surface area contributed by atoms with Crippen LogP contribution in [-0.2, 0) is 13.0 Å². The lowest BCUT2D eigenvalue weighted by Gasteiger charge is -2.24. The lowest BCUT2D eigenvalue weighted by molar-refractivity contribution is 0.0932. The number of para-hydroxylation sites is 1. The SMILES string of the molecule is O=C(NC1CCCc2c1cnn2-c1ccccc1F)c1ccc(Cn2cnnn2)cc1. The van der Waals surface area contributed by atoms with Gasteiger partial charge in [-0.05, 0) is 59.5 Å². The van der Waals surface area contributed by atoms with Crippen molar-refractivity contribution in [2.45, 2.75) is 31.8 Å². The third-order valence-electron chi connectivity index (χ3n) is 5.52. The number of hydrogen-bond acceptors (Lipinski definition) is 5. The standard InChI is InChI=1S/C22H20FN7O/c23-18-4-1-2-6-21(18)30-20-7-3-5-19(17(20)12-25-30)26-22(31)16-10-8-15(9-11-16)13-29-14-24-27-28-29/h1-2,4,6,8-12,14,19H,3,5,7,13H2,(H,26,31). The first-order chi connectivity index (χ1) is 15.2. The molecule has 1 atom stereocenters. The second-order valence-electron chi connectivity index (χ2n) is 7.53. The van der Waals surface area contributed by atoms with Gasteiger partial charge in [0.2, 0.25) is 0 Å². The molecule has 2 aromatic heterocycles. The van der Waals surface area contributed by atoms with Gasteiger partial charge in [0, 0.05) is 16.8 Å². The Morgan fingerprint density at radius 3 is 2.77 bits per heavy atom. The number of nitrogens with zero attached hydrogens (tertiary/aromatic N) is 6. The highest BCUT2D eigenvalue weighted by atomic mass is 19.1. The predicted octanol–water partition coefficient (Wildman–Crippen LogP) is 2.85. The molecule has 0 aliphatic heterocycles. The summed E-state index contributed by atoms with van der Waals surface area (Å²) in [6, 6.07) is 13.8. The molecule has 1 unspecified atom stereocenters. The Morgan fingerprint density at radius 1 is 1.16 bits per heavy atom. The van der Waals surface area contributed by atoms with Gasteiger partial charge in [-0.1, -0.05) is 24.3 Å². The minimum absolute atomic E-state index is 0.148. The van der Waals surface area contributed by atoms with Crippen molar-refractivity contribution >= 4 is 5.91 Å². The van der Waals surface area contributed by atoms with Crippen LogP contribution in [0.25, 0.3) is 5.69 Å². The van der Waals surface area contributed by atoms with Crippen molar-refractivity contribution in [3.8, 4) is 5.69 Å². The Morgan fingerprint density at radius 2 is 2.00 bits per heavy atom. The van der Waals surface area contributed by atoms with Gasteiger partial charge in [-0.15, -0.1) is 5.10 Å². The molecule has 0 saturated carbocycles. The summed E-state index contributed by atoms with van der Waals surface area (Å²) >= 11 is 0. The van der Waals surface area contributed by atoms with E-state index in [1.807, 2.05) is 12.1 Å². The van der Waals surface area contributed by atoms with Crippen LogP contribution >= 0.6 is 0 Å². The van der Waals surface area contributed by atoms with E-state index in [1.54, 1.807) is 52.2 Å². The summed E-state index contributed by atoms with van der Waals surface area (Å²) in [5.74, 6) is -0.466. The number of carbonyl (C=O) groups excluding carboxylic acids is 1. The van der Waals surface area contributed by atoms with Crippen molar-refractivity contribution in [3.63, 3.8) is 0 Å². The molecule has 2 heterocycles. The zero-order valence-corrected chi connectivity index (χ0v) is 16.6. The van der Waals surface area contributed by atoms with Crippen molar-refractivity contribution in [1.29, 1.82) is 0 Å². The van der Waals surface area contributed by atoms with E-state index in [-0.39, 0.29) is 17.8 Å². The summed E-state index contributed by atoms with van der Waals surface area (Å²) in [6.07, 6.45) is 5.79. The van der Waals surface area contributed by atoms with E-state index in [4.69, 9.17) is 0 Å². The maximum atomic E-state index is 14.3. The van der Waals surface area contributed by atoms with Crippen molar-refractivity contribution in [1.82, 2.24) is 35.3 Å². The van der Waals surface area contributed by atoms with E-state index in [0.717, 1.165) is 36.1 Å². The van der Waals surface area contributed by atoms with Gasteiger partial charge in [-0.2, -0.15) is 5.10 Å². The Balaban J connectivity index is 1.32. The average Bonchev–Trinajstić information content (AvgIpc) is 3.45. The fourth-order valence-corrected chi connectivity index (χ4v) is 3.98. The highest BCUT2D eigenvalue weighted by Gasteiger charge is 2.27. The van der Waals surface area contributed by atoms with Gasteiger partial charge in [0.05, 0.1) is 18.8 Å². The Labute approximate surface area is 177 Å². The van der Waals surface area contributed by atoms with Crippen molar-refractivity contribution in [2.24, 2.45) is 0 Å². The van der Waals surface area contributed by atoms with Crippen LogP contribution < -0.4 is 5.32 Å². The van der Waals surface area contributed by atoms with E-state index >= 15 is 0 Å². The number of nitrogens with one attached hydrogen (secondary N) is 1. The summed E-state index contributed by atoms with van der Waals surface area (Å²) in [4.78, 5) is 12.8. The molecule has 2 aromatic carbocycles. The largest absolute Gasteiger partial charge is 0.345 e. The molecule has 0 saturated heterocycles. The second-order valence-corrected chi connectivity index (χ2v) is 7.53. The molecule has 0 spiro atoms. The lowest BCUT2D eigenvalue weighted by atomic mass is 9.92. The molecule has 8 nitrogen and oxygen atoms in total. The molecular weight excluding hydrogens is 397 g/mol. The third kappa shape index (κ3) is 3.81. The van der Waals surface area contributed by atoms with Crippen LogP contribution in [0.1, 0.15) is 46.1 Å². The molecule has 0 bridgehead atoms. The summed E-state index contributed by atoms with van der Waals surface area (Å²) in [5, 5.41) is 18.6. The zero-order chi connectivity index (χ0) is 21.2. The average molecular weight is 417 g/mol. The number of fused-ring (bicyclic) bond motifs is 1. The highest BCUT2D eigenvalue weighted by molar-refractivity contribution is 5.94. The smallest absolute Gasteiger partial charge is 0.251 e. The maximum Gasteiger partial charge on any atom is 0.251 e. The molecule has 0 fully saturated rings. The van der Waals surface area contributed by atoms with Gasteiger partial charge in [-0.3, -0.25) is 4.79 Å². The summed E-state index contributed by atoms with van der Waals surface area (Å²) < 4.78 is 17.5. The van der Waals surface area contributed by atoms with Crippen LogP contribution in [0, 0.1) is 5.82 Å². The number of aromatic nitrogens is 6. The molecule has 1 aliphatic rings. The highest BCUT2D eigenvalue weighted by Crippen LogP contribution is 2.31. The van der Waals surface area contributed by atoms with Crippen LogP contribution in [0.4, 0.5) is 4.39 Å². The molecule has 156 valence electrons. The van der Waals surface area contributed by atoms with E-state index in [9.17, 15) is 9.18 Å². The summed E-state index contributed by atoms with van der Waals surface area (Å²) in [6.45, 7) is 0.538. The summed E-state index contributed by atoms with van der Waals surface area (Å²) in [7, 11) is 0. The van der Waals surface area contributed by atoms with Gasteiger partial charge in [0.1, 0.15) is 17.8 Å². The number of halogens is 1.